The summed E-state index contributed by atoms with van der Waals surface area (Å²) in [5, 5.41) is 0. The van der Waals surface area contributed by atoms with Gasteiger partial charge in [0.05, 0.1) is 0 Å². The van der Waals surface area contributed by atoms with Crippen molar-refractivity contribution in [1.82, 2.24) is 19.9 Å². The Kier molecular flexibility index (Phi) is 4.13. The van der Waals surface area contributed by atoms with Gasteiger partial charge >= 0.3 is 6.18 Å². The predicted octanol–water partition coefficient (Wildman–Crippen LogP) is 2.98. The first-order valence-electron chi connectivity index (χ1n) is 9.79. The zero-order valence-electron chi connectivity index (χ0n) is 15.4. The highest BCUT2D eigenvalue weighted by molar-refractivity contribution is 5.53. The summed E-state index contributed by atoms with van der Waals surface area (Å²) in [6.07, 6.45) is 2.19. The molecule has 0 bridgehead atoms. The molecule has 28 heavy (non-hydrogen) atoms. The Labute approximate surface area is 160 Å². The van der Waals surface area contributed by atoms with Gasteiger partial charge in [0.2, 0.25) is 5.95 Å². The summed E-state index contributed by atoms with van der Waals surface area (Å²) < 4.78 is 38.8. The first-order chi connectivity index (χ1) is 13.5. The third kappa shape index (κ3) is 3.27. The summed E-state index contributed by atoms with van der Waals surface area (Å²) in [4.78, 5) is 21.5. The molecule has 1 aliphatic heterocycles. The van der Waals surface area contributed by atoms with Crippen LogP contribution in [0.5, 0.6) is 0 Å². The fourth-order valence-corrected chi connectivity index (χ4v) is 3.99. The summed E-state index contributed by atoms with van der Waals surface area (Å²) in [5.74, 6) is 2.65. The molecule has 0 unspecified atom stereocenters. The summed E-state index contributed by atoms with van der Waals surface area (Å²) >= 11 is 0. The second kappa shape index (κ2) is 6.56. The van der Waals surface area contributed by atoms with E-state index in [9.17, 15) is 13.2 Å². The number of aryl methyl sites for hydroxylation is 1. The molecule has 0 amide bonds. The van der Waals surface area contributed by atoms with E-state index in [0.29, 0.717) is 32.1 Å². The average molecular weight is 390 g/mol. The SMILES string of the molecule is FC(F)(F)c1ccnc(N2CCN(c3nc(C4CC4)nc4c3CCC4)CC2)n1. The largest absolute Gasteiger partial charge is 0.433 e. The Morgan fingerprint density at radius 3 is 2.39 bits per heavy atom. The molecule has 2 aromatic heterocycles. The minimum atomic E-state index is -4.46. The molecule has 1 saturated carbocycles. The topological polar surface area (TPSA) is 58.0 Å². The van der Waals surface area contributed by atoms with Gasteiger partial charge in [-0.05, 0) is 38.2 Å². The van der Waals surface area contributed by atoms with Crippen LogP contribution in [0, 0.1) is 0 Å². The smallest absolute Gasteiger partial charge is 0.353 e. The van der Waals surface area contributed by atoms with E-state index in [1.54, 1.807) is 0 Å². The molecule has 0 aromatic carbocycles. The lowest BCUT2D eigenvalue weighted by Gasteiger charge is -2.36. The quantitative estimate of drug-likeness (QED) is 0.803. The summed E-state index contributed by atoms with van der Waals surface area (Å²) in [5.41, 5.74) is 1.55. The fraction of sp³-hybridized carbons (Fsp3) is 0.579. The van der Waals surface area contributed by atoms with Crippen molar-refractivity contribution in [2.45, 2.75) is 44.2 Å². The van der Waals surface area contributed by atoms with Gasteiger partial charge in [-0.1, -0.05) is 0 Å². The predicted molar refractivity (Wildman–Crippen MR) is 97.5 cm³/mol. The Bertz CT molecular complexity index is 888. The van der Waals surface area contributed by atoms with E-state index in [1.807, 2.05) is 4.90 Å². The maximum atomic E-state index is 12.9. The molecule has 3 heterocycles. The van der Waals surface area contributed by atoms with Crippen molar-refractivity contribution in [3.63, 3.8) is 0 Å². The monoisotopic (exact) mass is 390 g/mol. The molecule has 9 heteroatoms. The Morgan fingerprint density at radius 2 is 1.68 bits per heavy atom. The molecular weight excluding hydrogens is 369 g/mol. The molecule has 2 fully saturated rings. The van der Waals surface area contributed by atoms with Gasteiger partial charge in [0.15, 0.2) is 0 Å². The molecule has 3 aliphatic rings. The van der Waals surface area contributed by atoms with Crippen molar-refractivity contribution < 1.29 is 13.2 Å². The van der Waals surface area contributed by atoms with Crippen LogP contribution in [0.3, 0.4) is 0 Å². The van der Waals surface area contributed by atoms with Crippen molar-refractivity contribution in [1.29, 1.82) is 0 Å². The summed E-state index contributed by atoms with van der Waals surface area (Å²) in [6, 6.07) is 0.906. The number of hydrogen-bond donors (Lipinski definition) is 0. The van der Waals surface area contributed by atoms with Crippen molar-refractivity contribution in [3.8, 4) is 0 Å². The Balaban J connectivity index is 1.34. The van der Waals surface area contributed by atoms with E-state index >= 15 is 0 Å². The van der Waals surface area contributed by atoms with Gasteiger partial charge in [-0.2, -0.15) is 13.2 Å². The highest BCUT2D eigenvalue weighted by Crippen LogP contribution is 2.40. The van der Waals surface area contributed by atoms with Gasteiger partial charge in [0.1, 0.15) is 17.3 Å². The molecule has 0 atom stereocenters. The van der Waals surface area contributed by atoms with E-state index in [2.05, 4.69) is 14.9 Å². The lowest BCUT2D eigenvalue weighted by molar-refractivity contribution is -0.141. The number of rotatable bonds is 3. The van der Waals surface area contributed by atoms with E-state index in [-0.39, 0.29) is 5.95 Å². The number of nitrogens with zero attached hydrogens (tertiary/aromatic N) is 6. The highest BCUT2D eigenvalue weighted by atomic mass is 19.4. The summed E-state index contributed by atoms with van der Waals surface area (Å²) in [6.45, 7) is 2.51. The molecule has 0 radical (unpaired) electrons. The number of piperazine rings is 1. The zero-order chi connectivity index (χ0) is 19.3. The molecule has 0 N–H and O–H groups in total. The maximum Gasteiger partial charge on any atom is 0.433 e. The number of alkyl halides is 3. The molecule has 5 rings (SSSR count). The Hall–Kier alpha value is -2.45. The maximum absolute atomic E-state index is 12.9. The molecule has 2 aliphatic carbocycles. The molecular formula is C19H21F3N6. The van der Waals surface area contributed by atoms with Crippen LogP contribution >= 0.6 is 0 Å². The van der Waals surface area contributed by atoms with Gasteiger partial charge in [-0.3, -0.25) is 0 Å². The zero-order valence-corrected chi connectivity index (χ0v) is 15.4. The van der Waals surface area contributed by atoms with Crippen LogP contribution in [0.25, 0.3) is 0 Å². The number of aromatic nitrogens is 4. The average Bonchev–Trinajstić information content (AvgIpc) is 3.44. The van der Waals surface area contributed by atoms with E-state index < -0.39 is 11.9 Å². The summed E-state index contributed by atoms with van der Waals surface area (Å²) in [7, 11) is 0. The molecule has 1 saturated heterocycles. The first kappa shape index (κ1) is 17.6. The van der Waals surface area contributed by atoms with Crippen LogP contribution in [0.1, 0.15) is 48.0 Å². The second-order valence-corrected chi connectivity index (χ2v) is 7.67. The fourth-order valence-electron chi connectivity index (χ4n) is 3.99. The van der Waals surface area contributed by atoms with Crippen LogP contribution in [-0.2, 0) is 19.0 Å². The van der Waals surface area contributed by atoms with Crippen LogP contribution in [0.4, 0.5) is 24.9 Å². The van der Waals surface area contributed by atoms with Crippen LogP contribution in [0.15, 0.2) is 12.3 Å². The van der Waals surface area contributed by atoms with Crippen molar-refractivity contribution in [2.24, 2.45) is 0 Å². The lowest BCUT2D eigenvalue weighted by Crippen LogP contribution is -2.48. The third-order valence-electron chi connectivity index (χ3n) is 5.67. The van der Waals surface area contributed by atoms with Gasteiger partial charge in [0, 0.05) is 49.6 Å². The number of halogens is 3. The van der Waals surface area contributed by atoms with Gasteiger partial charge in [-0.15, -0.1) is 0 Å². The Morgan fingerprint density at radius 1 is 0.929 bits per heavy atom. The third-order valence-corrected chi connectivity index (χ3v) is 5.67. The van der Waals surface area contributed by atoms with Crippen molar-refractivity contribution >= 4 is 11.8 Å². The van der Waals surface area contributed by atoms with Crippen LogP contribution in [0.2, 0.25) is 0 Å². The molecule has 148 valence electrons. The van der Waals surface area contributed by atoms with Gasteiger partial charge in [0.25, 0.3) is 0 Å². The molecule has 6 nitrogen and oxygen atoms in total. The van der Waals surface area contributed by atoms with Crippen molar-refractivity contribution in [3.05, 3.63) is 35.0 Å². The lowest BCUT2D eigenvalue weighted by atomic mass is 10.2. The standard InChI is InChI=1S/C19H21F3N6/c20-19(21,22)15-6-7-23-18(25-15)28-10-8-27(9-11-28)17-13-2-1-3-14(13)24-16(26-17)12-4-5-12/h6-7,12H,1-5,8-11H2. The van der Waals surface area contributed by atoms with Crippen LogP contribution in [-0.4, -0.2) is 46.1 Å². The molecule has 0 spiro atoms. The van der Waals surface area contributed by atoms with E-state index in [4.69, 9.17) is 9.97 Å². The van der Waals surface area contributed by atoms with Crippen molar-refractivity contribution in [2.75, 3.05) is 36.0 Å². The molecule has 2 aromatic rings. The van der Waals surface area contributed by atoms with Gasteiger partial charge in [-0.25, -0.2) is 19.9 Å². The normalized spacial score (nSPS) is 19.8. The minimum Gasteiger partial charge on any atom is -0.353 e. The number of anilines is 2. The van der Waals surface area contributed by atoms with Crippen LogP contribution < -0.4 is 9.80 Å². The highest BCUT2D eigenvalue weighted by Gasteiger charge is 2.34. The van der Waals surface area contributed by atoms with Gasteiger partial charge < -0.3 is 9.80 Å². The number of hydrogen-bond acceptors (Lipinski definition) is 6. The number of fused-ring (bicyclic) bond motifs is 1. The first-order valence-corrected chi connectivity index (χ1v) is 9.79. The van der Waals surface area contributed by atoms with E-state index in [0.717, 1.165) is 37.0 Å². The minimum absolute atomic E-state index is 0.140. The second-order valence-electron chi connectivity index (χ2n) is 7.67. The van der Waals surface area contributed by atoms with E-state index in [1.165, 1.54) is 30.3 Å².